The Hall–Kier alpha value is -3.25. The number of aliphatic hydroxyl groups excluding tert-OH is 2. The smallest absolute Gasteiger partial charge is 0.258 e. The van der Waals surface area contributed by atoms with Gasteiger partial charge in [0.25, 0.3) is 5.89 Å². The molecule has 0 bridgehead atoms. The third-order valence-electron chi connectivity index (χ3n) is 5.57. The van der Waals surface area contributed by atoms with E-state index in [2.05, 4.69) is 34.5 Å². The molecule has 3 N–H and O–H groups in total. The SMILES string of the molecule is CCCNC1CCc2c(-c3noc(-c4ccc(OC[C@@H](O)CO)c(C#N)c4)n3)cccc21. The van der Waals surface area contributed by atoms with Crippen LogP contribution in [0.3, 0.4) is 0 Å². The fraction of sp³-hybridized carbons (Fsp3) is 0.375. The maximum Gasteiger partial charge on any atom is 0.258 e. The first kappa shape index (κ1) is 22.0. The summed E-state index contributed by atoms with van der Waals surface area (Å²) in [6.07, 6.45) is 2.09. The lowest BCUT2D eigenvalue weighted by molar-refractivity contribution is 0.0535. The van der Waals surface area contributed by atoms with Crippen molar-refractivity contribution >= 4 is 0 Å². The number of hydrogen-bond donors (Lipinski definition) is 3. The summed E-state index contributed by atoms with van der Waals surface area (Å²) in [5.74, 6) is 1.16. The number of aliphatic hydroxyl groups is 2. The lowest BCUT2D eigenvalue weighted by Crippen LogP contribution is -2.21. The Morgan fingerprint density at radius 2 is 2.22 bits per heavy atom. The van der Waals surface area contributed by atoms with E-state index in [0.29, 0.717) is 29.1 Å². The number of nitrogens with zero attached hydrogens (tertiary/aromatic N) is 3. The molecule has 1 unspecified atom stereocenters. The summed E-state index contributed by atoms with van der Waals surface area (Å²) in [6, 6.07) is 13.6. The van der Waals surface area contributed by atoms with E-state index in [-0.39, 0.29) is 12.2 Å². The normalized spacial score (nSPS) is 15.9. The van der Waals surface area contributed by atoms with Crippen LogP contribution in [-0.2, 0) is 6.42 Å². The molecule has 0 saturated heterocycles. The van der Waals surface area contributed by atoms with Crippen LogP contribution in [0.4, 0.5) is 0 Å². The van der Waals surface area contributed by atoms with Gasteiger partial charge >= 0.3 is 0 Å². The minimum Gasteiger partial charge on any atom is -0.489 e. The maximum atomic E-state index is 9.47. The second-order valence-corrected chi connectivity index (χ2v) is 7.81. The average molecular weight is 434 g/mol. The summed E-state index contributed by atoms with van der Waals surface area (Å²) in [5, 5.41) is 35.6. The van der Waals surface area contributed by atoms with Crippen molar-refractivity contribution in [1.82, 2.24) is 15.5 Å². The van der Waals surface area contributed by atoms with Gasteiger partial charge in [-0.1, -0.05) is 30.3 Å². The third-order valence-corrected chi connectivity index (χ3v) is 5.57. The van der Waals surface area contributed by atoms with Crippen LogP contribution < -0.4 is 10.1 Å². The molecule has 1 aliphatic carbocycles. The van der Waals surface area contributed by atoms with Crippen molar-refractivity contribution < 1.29 is 19.5 Å². The lowest BCUT2D eigenvalue weighted by atomic mass is 10.0. The summed E-state index contributed by atoms with van der Waals surface area (Å²) >= 11 is 0. The lowest BCUT2D eigenvalue weighted by Gasteiger charge is -2.13. The first-order chi connectivity index (χ1) is 15.6. The van der Waals surface area contributed by atoms with Gasteiger partial charge in [0.05, 0.1) is 12.2 Å². The summed E-state index contributed by atoms with van der Waals surface area (Å²) in [5.41, 5.74) is 4.39. The molecule has 0 aliphatic heterocycles. The topological polar surface area (TPSA) is 124 Å². The quantitative estimate of drug-likeness (QED) is 0.469. The van der Waals surface area contributed by atoms with E-state index in [1.807, 2.05) is 12.1 Å². The molecule has 4 rings (SSSR count). The second kappa shape index (κ2) is 9.92. The zero-order valence-corrected chi connectivity index (χ0v) is 17.9. The molecule has 0 spiro atoms. The molecule has 2 aromatic carbocycles. The minimum atomic E-state index is -1.01. The van der Waals surface area contributed by atoms with E-state index >= 15 is 0 Å². The molecule has 2 atom stereocenters. The molecule has 1 heterocycles. The van der Waals surface area contributed by atoms with Gasteiger partial charge in [0.1, 0.15) is 24.5 Å². The van der Waals surface area contributed by atoms with E-state index < -0.39 is 12.7 Å². The van der Waals surface area contributed by atoms with Crippen LogP contribution in [0, 0.1) is 11.3 Å². The maximum absolute atomic E-state index is 9.47. The van der Waals surface area contributed by atoms with Crippen LogP contribution in [0.25, 0.3) is 22.8 Å². The third kappa shape index (κ3) is 4.50. The van der Waals surface area contributed by atoms with Crippen LogP contribution in [0.1, 0.15) is 42.5 Å². The minimum absolute atomic E-state index is 0.109. The summed E-state index contributed by atoms with van der Waals surface area (Å²) in [7, 11) is 0. The number of nitrogens with one attached hydrogen (secondary N) is 1. The van der Waals surface area contributed by atoms with E-state index in [4.69, 9.17) is 14.4 Å². The van der Waals surface area contributed by atoms with Crippen molar-refractivity contribution in [1.29, 1.82) is 5.26 Å². The van der Waals surface area contributed by atoms with Crippen LogP contribution in [0.15, 0.2) is 40.9 Å². The fourth-order valence-corrected chi connectivity index (χ4v) is 3.96. The molecule has 0 fully saturated rings. The molecule has 8 nitrogen and oxygen atoms in total. The number of ether oxygens (including phenoxy) is 1. The Kier molecular flexibility index (Phi) is 6.81. The standard InChI is InChI=1S/C24H26N4O4/c1-2-10-26-21-8-7-18-19(21)4-3-5-20(18)23-27-24(32-28-23)15-6-9-22(16(11-15)12-25)31-14-17(30)13-29/h3-6,9,11,17,21,26,29-30H,2,7-8,10,13-14H2,1H3/t17-,21?/m0/s1. The van der Waals surface area contributed by atoms with Crippen LogP contribution >= 0.6 is 0 Å². The Labute approximate surface area is 186 Å². The number of hydrogen-bond acceptors (Lipinski definition) is 8. The summed E-state index contributed by atoms with van der Waals surface area (Å²) in [4.78, 5) is 4.59. The van der Waals surface area contributed by atoms with Crippen molar-refractivity contribution in [2.45, 2.75) is 38.3 Å². The Morgan fingerprint density at radius 3 is 3.00 bits per heavy atom. The van der Waals surface area contributed by atoms with Gasteiger partial charge in [-0.05, 0) is 55.1 Å². The fourth-order valence-electron chi connectivity index (χ4n) is 3.96. The monoisotopic (exact) mass is 434 g/mol. The Bertz CT molecular complexity index is 1120. The predicted molar refractivity (Wildman–Crippen MR) is 118 cm³/mol. The van der Waals surface area contributed by atoms with Crippen molar-refractivity contribution in [3.05, 3.63) is 53.1 Å². The Balaban J connectivity index is 1.58. The van der Waals surface area contributed by atoms with E-state index in [1.165, 1.54) is 11.1 Å². The van der Waals surface area contributed by atoms with Gasteiger partial charge in [0.2, 0.25) is 5.82 Å². The molecular weight excluding hydrogens is 408 g/mol. The van der Waals surface area contributed by atoms with Gasteiger partial charge in [-0.2, -0.15) is 10.2 Å². The summed E-state index contributed by atoms with van der Waals surface area (Å²) in [6.45, 7) is 2.63. The van der Waals surface area contributed by atoms with Gasteiger partial charge in [-0.3, -0.25) is 0 Å². The molecule has 0 radical (unpaired) electrons. The number of benzene rings is 2. The number of rotatable bonds is 9. The van der Waals surface area contributed by atoms with Crippen LogP contribution in [-0.4, -0.2) is 46.2 Å². The van der Waals surface area contributed by atoms with Crippen molar-refractivity contribution in [3.63, 3.8) is 0 Å². The molecule has 32 heavy (non-hydrogen) atoms. The van der Waals surface area contributed by atoms with E-state index in [1.54, 1.807) is 18.2 Å². The second-order valence-electron chi connectivity index (χ2n) is 7.81. The number of nitriles is 1. The molecular formula is C24H26N4O4. The molecule has 0 amide bonds. The highest BCUT2D eigenvalue weighted by molar-refractivity contribution is 5.67. The zero-order valence-electron chi connectivity index (χ0n) is 17.9. The van der Waals surface area contributed by atoms with Gasteiger partial charge in [-0.15, -0.1) is 0 Å². The van der Waals surface area contributed by atoms with Crippen molar-refractivity contribution in [2.24, 2.45) is 0 Å². The van der Waals surface area contributed by atoms with E-state index in [0.717, 1.165) is 31.4 Å². The predicted octanol–water partition coefficient (Wildman–Crippen LogP) is 2.99. The van der Waals surface area contributed by atoms with Crippen molar-refractivity contribution in [3.8, 4) is 34.7 Å². The van der Waals surface area contributed by atoms with Gasteiger partial charge in [0, 0.05) is 17.2 Å². The first-order valence-corrected chi connectivity index (χ1v) is 10.8. The Morgan fingerprint density at radius 1 is 1.34 bits per heavy atom. The largest absolute Gasteiger partial charge is 0.489 e. The number of fused-ring (bicyclic) bond motifs is 1. The van der Waals surface area contributed by atoms with Crippen molar-refractivity contribution in [2.75, 3.05) is 19.8 Å². The molecule has 166 valence electrons. The van der Waals surface area contributed by atoms with Gasteiger partial charge in [0.15, 0.2) is 0 Å². The molecule has 8 heteroatoms. The highest BCUT2D eigenvalue weighted by Gasteiger charge is 2.26. The highest BCUT2D eigenvalue weighted by atomic mass is 16.5. The molecule has 3 aromatic rings. The van der Waals surface area contributed by atoms with Gasteiger partial charge < -0.3 is 24.8 Å². The highest BCUT2D eigenvalue weighted by Crippen LogP contribution is 2.37. The summed E-state index contributed by atoms with van der Waals surface area (Å²) < 4.78 is 10.9. The first-order valence-electron chi connectivity index (χ1n) is 10.8. The average Bonchev–Trinajstić information content (AvgIpc) is 3.48. The van der Waals surface area contributed by atoms with E-state index in [9.17, 15) is 10.4 Å². The van der Waals surface area contributed by atoms with Crippen LogP contribution in [0.5, 0.6) is 5.75 Å². The molecule has 1 aromatic heterocycles. The van der Waals surface area contributed by atoms with Gasteiger partial charge in [-0.25, -0.2) is 0 Å². The molecule has 0 saturated carbocycles. The molecule has 1 aliphatic rings. The number of aromatic nitrogens is 2. The van der Waals surface area contributed by atoms with Crippen LogP contribution in [0.2, 0.25) is 0 Å². The zero-order chi connectivity index (χ0) is 22.5.